The molecular weight excluding hydrogens is 360 g/mol. The maximum atomic E-state index is 12.5. The summed E-state index contributed by atoms with van der Waals surface area (Å²) in [5.74, 6) is 0. The lowest BCUT2D eigenvalue weighted by Crippen LogP contribution is -2.51. The van der Waals surface area contributed by atoms with E-state index in [-0.39, 0.29) is 25.9 Å². The lowest BCUT2D eigenvalue weighted by atomic mass is 10.2. The van der Waals surface area contributed by atoms with Gasteiger partial charge >= 0.3 is 12.2 Å². The van der Waals surface area contributed by atoms with Crippen LogP contribution in [0.25, 0.3) is 0 Å². The fourth-order valence-corrected chi connectivity index (χ4v) is 2.49. The Kier molecular flexibility index (Phi) is 8.81. The van der Waals surface area contributed by atoms with Gasteiger partial charge in [-0.3, -0.25) is 0 Å². The molecule has 1 unspecified atom stereocenters. The Labute approximate surface area is 164 Å². The zero-order valence-corrected chi connectivity index (χ0v) is 15.9. The second-order valence-corrected chi connectivity index (χ2v) is 6.30. The number of ether oxygens (including phenoxy) is 2. The Balaban J connectivity index is 1.93. The van der Waals surface area contributed by atoms with Crippen molar-refractivity contribution in [1.29, 1.82) is 0 Å². The van der Waals surface area contributed by atoms with E-state index in [1.54, 1.807) is 6.92 Å². The summed E-state index contributed by atoms with van der Waals surface area (Å²) >= 11 is 0. The molecule has 1 atom stereocenters. The molecule has 7 nitrogen and oxygen atoms in total. The van der Waals surface area contributed by atoms with E-state index >= 15 is 0 Å². The molecule has 2 aromatic rings. The lowest BCUT2D eigenvalue weighted by Gasteiger charge is -2.28. The number of aliphatic hydroxyl groups excluding tert-OH is 1. The van der Waals surface area contributed by atoms with Crippen molar-refractivity contribution in [3.8, 4) is 0 Å². The number of carbonyl (C=O) groups is 2. The first kappa shape index (κ1) is 21.2. The summed E-state index contributed by atoms with van der Waals surface area (Å²) in [6.07, 6.45) is -0.456. The van der Waals surface area contributed by atoms with Crippen molar-refractivity contribution in [3.63, 3.8) is 0 Å². The predicted octanol–water partition coefficient (Wildman–Crippen LogP) is 3.63. The number of rotatable bonds is 8. The minimum Gasteiger partial charge on any atom is -0.443 e. The largest absolute Gasteiger partial charge is 0.443 e. The fourth-order valence-electron chi connectivity index (χ4n) is 2.49. The molecule has 0 spiro atoms. The number of carbonyl (C=O) groups excluding carboxylic acids is 2. The van der Waals surface area contributed by atoms with Crippen LogP contribution in [0.4, 0.5) is 9.59 Å². The summed E-state index contributed by atoms with van der Waals surface area (Å²) in [6, 6.07) is 18.1. The summed E-state index contributed by atoms with van der Waals surface area (Å²) in [7, 11) is 0. The molecule has 0 aliphatic heterocycles. The van der Waals surface area contributed by atoms with Gasteiger partial charge in [0.2, 0.25) is 0 Å². The first-order valence-electron chi connectivity index (χ1n) is 9.18. The second kappa shape index (κ2) is 11.6. The number of aliphatic hydroxyl groups is 1. The summed E-state index contributed by atoms with van der Waals surface area (Å²) < 4.78 is 10.5. The molecule has 150 valence electrons. The minimum absolute atomic E-state index is 0.00427. The second-order valence-electron chi connectivity index (χ2n) is 6.30. The van der Waals surface area contributed by atoms with Crippen LogP contribution in [-0.4, -0.2) is 35.0 Å². The van der Waals surface area contributed by atoms with Crippen molar-refractivity contribution in [3.05, 3.63) is 71.8 Å². The normalized spacial score (nSPS) is 11.4. The predicted molar refractivity (Wildman–Crippen MR) is 104 cm³/mol. The minimum atomic E-state index is -0.753. The van der Waals surface area contributed by atoms with Gasteiger partial charge < -0.3 is 14.6 Å². The third-order valence-corrected chi connectivity index (χ3v) is 4.05. The van der Waals surface area contributed by atoms with Crippen LogP contribution in [0.2, 0.25) is 0 Å². The van der Waals surface area contributed by atoms with Crippen LogP contribution in [0, 0.1) is 0 Å². The molecule has 7 heteroatoms. The molecule has 0 saturated carbocycles. The van der Waals surface area contributed by atoms with Crippen molar-refractivity contribution >= 4 is 12.2 Å². The highest BCUT2D eigenvalue weighted by Crippen LogP contribution is 2.09. The molecule has 0 saturated heterocycles. The molecule has 0 fully saturated rings. The zero-order chi connectivity index (χ0) is 20.2. The Morgan fingerprint density at radius 3 is 2.04 bits per heavy atom. The standard InChI is InChI=1S/C21H26N2O5/c1-17(9-8-14-24)23(21(26)28-16-19-12-6-3-7-13-19)22-20(25)27-15-18-10-4-2-5-11-18/h2-7,10-13,17,24H,8-9,14-16H2,1H3,(H,22,25). The van der Waals surface area contributed by atoms with Crippen molar-refractivity contribution in [2.75, 3.05) is 6.61 Å². The molecule has 2 aromatic carbocycles. The van der Waals surface area contributed by atoms with E-state index in [0.717, 1.165) is 16.1 Å². The number of amides is 2. The molecule has 0 aromatic heterocycles. The molecule has 0 heterocycles. The van der Waals surface area contributed by atoms with Gasteiger partial charge in [0, 0.05) is 6.61 Å². The van der Waals surface area contributed by atoms with Gasteiger partial charge in [0.1, 0.15) is 13.2 Å². The first-order chi connectivity index (χ1) is 13.6. The van der Waals surface area contributed by atoms with Crippen LogP contribution < -0.4 is 5.43 Å². The molecule has 2 amide bonds. The molecule has 0 aliphatic carbocycles. The number of nitrogens with zero attached hydrogens (tertiary/aromatic N) is 1. The van der Waals surface area contributed by atoms with Gasteiger partial charge in [-0.2, -0.15) is 0 Å². The smallest absolute Gasteiger partial charge is 0.429 e. The van der Waals surface area contributed by atoms with Crippen molar-refractivity contribution in [2.24, 2.45) is 0 Å². The summed E-state index contributed by atoms with van der Waals surface area (Å²) in [5, 5.41) is 10.1. The third-order valence-electron chi connectivity index (χ3n) is 4.05. The SMILES string of the molecule is CC(CCCO)N(NC(=O)OCc1ccccc1)C(=O)OCc1ccccc1. The van der Waals surface area contributed by atoms with E-state index in [1.807, 2.05) is 60.7 Å². The molecule has 2 N–H and O–H groups in total. The van der Waals surface area contributed by atoms with E-state index in [2.05, 4.69) is 5.43 Å². The van der Waals surface area contributed by atoms with Crippen LogP contribution >= 0.6 is 0 Å². The number of hydrogen-bond donors (Lipinski definition) is 2. The average molecular weight is 386 g/mol. The third kappa shape index (κ3) is 7.28. The van der Waals surface area contributed by atoms with E-state index in [9.17, 15) is 9.59 Å². The molecule has 0 aliphatic rings. The number of benzene rings is 2. The molecule has 0 radical (unpaired) electrons. The maximum Gasteiger partial charge on any atom is 0.429 e. The number of hydrogen-bond acceptors (Lipinski definition) is 5. The van der Waals surface area contributed by atoms with E-state index in [0.29, 0.717) is 12.8 Å². The van der Waals surface area contributed by atoms with Crippen molar-refractivity contribution in [1.82, 2.24) is 10.4 Å². The van der Waals surface area contributed by atoms with E-state index < -0.39 is 12.2 Å². The van der Waals surface area contributed by atoms with Crippen LogP contribution in [0.5, 0.6) is 0 Å². The fraction of sp³-hybridized carbons (Fsp3) is 0.333. The van der Waals surface area contributed by atoms with Gasteiger partial charge in [-0.05, 0) is 30.9 Å². The molecule has 0 bridgehead atoms. The van der Waals surface area contributed by atoms with Gasteiger partial charge in [0.05, 0.1) is 6.04 Å². The topological polar surface area (TPSA) is 88.1 Å². The highest BCUT2D eigenvalue weighted by Gasteiger charge is 2.24. The van der Waals surface area contributed by atoms with Gasteiger partial charge in [0.15, 0.2) is 0 Å². The van der Waals surface area contributed by atoms with Crippen LogP contribution in [0.15, 0.2) is 60.7 Å². The van der Waals surface area contributed by atoms with Crippen LogP contribution in [-0.2, 0) is 22.7 Å². The summed E-state index contributed by atoms with van der Waals surface area (Å²) in [4.78, 5) is 24.7. The molecular formula is C21H26N2O5. The van der Waals surface area contributed by atoms with Gasteiger partial charge in [-0.15, -0.1) is 0 Å². The number of hydrazine groups is 1. The number of nitrogens with one attached hydrogen (secondary N) is 1. The highest BCUT2D eigenvalue weighted by molar-refractivity contribution is 5.74. The van der Waals surface area contributed by atoms with E-state index in [4.69, 9.17) is 14.6 Å². The quantitative estimate of drug-likeness (QED) is 0.677. The molecule has 28 heavy (non-hydrogen) atoms. The Hall–Kier alpha value is -3.06. The Bertz CT molecular complexity index is 724. The molecule has 2 rings (SSSR count). The zero-order valence-electron chi connectivity index (χ0n) is 15.9. The Morgan fingerprint density at radius 2 is 1.50 bits per heavy atom. The average Bonchev–Trinajstić information content (AvgIpc) is 2.74. The van der Waals surface area contributed by atoms with Gasteiger partial charge in [-0.1, -0.05) is 60.7 Å². The lowest BCUT2D eigenvalue weighted by molar-refractivity contribution is 0.0466. The maximum absolute atomic E-state index is 12.5. The van der Waals surface area contributed by atoms with Crippen molar-refractivity contribution < 1.29 is 24.2 Å². The first-order valence-corrected chi connectivity index (χ1v) is 9.18. The van der Waals surface area contributed by atoms with Crippen LogP contribution in [0.3, 0.4) is 0 Å². The summed E-state index contributed by atoms with van der Waals surface area (Å²) in [6.45, 7) is 1.93. The summed E-state index contributed by atoms with van der Waals surface area (Å²) in [5.41, 5.74) is 4.12. The van der Waals surface area contributed by atoms with E-state index in [1.165, 1.54) is 0 Å². The van der Waals surface area contributed by atoms with Crippen LogP contribution in [0.1, 0.15) is 30.9 Å². The van der Waals surface area contributed by atoms with Gasteiger partial charge in [-0.25, -0.2) is 20.0 Å². The Morgan fingerprint density at radius 1 is 0.964 bits per heavy atom. The van der Waals surface area contributed by atoms with Gasteiger partial charge in [0.25, 0.3) is 0 Å². The highest BCUT2D eigenvalue weighted by atomic mass is 16.6. The monoisotopic (exact) mass is 386 g/mol. The van der Waals surface area contributed by atoms with Crippen molar-refractivity contribution in [2.45, 2.75) is 39.0 Å².